The summed E-state index contributed by atoms with van der Waals surface area (Å²) in [6.07, 6.45) is 3.41. The predicted octanol–water partition coefficient (Wildman–Crippen LogP) is 1.80. The molecule has 24 heavy (non-hydrogen) atoms. The Kier molecular flexibility index (Phi) is 4.30. The van der Waals surface area contributed by atoms with Gasteiger partial charge in [-0.3, -0.25) is 4.79 Å². The van der Waals surface area contributed by atoms with Gasteiger partial charge in [-0.25, -0.2) is 0 Å². The number of carbonyl (C=O) groups is 1. The van der Waals surface area contributed by atoms with Gasteiger partial charge in [-0.2, -0.15) is 15.4 Å². The van der Waals surface area contributed by atoms with Crippen molar-refractivity contribution in [3.05, 3.63) is 47.3 Å². The summed E-state index contributed by atoms with van der Waals surface area (Å²) in [5, 5.41) is 14.1. The first kappa shape index (κ1) is 15.3. The Morgan fingerprint density at radius 2 is 2.04 bits per heavy atom. The molecular formula is C18H22N4O2. The highest BCUT2D eigenvalue weighted by Crippen LogP contribution is 2.34. The summed E-state index contributed by atoms with van der Waals surface area (Å²) in [6.45, 7) is 1.42. The molecule has 1 amide bonds. The van der Waals surface area contributed by atoms with E-state index in [0.29, 0.717) is 18.9 Å². The lowest BCUT2D eigenvalue weighted by Crippen LogP contribution is -2.37. The fourth-order valence-electron chi connectivity index (χ4n) is 3.74. The molecule has 0 unspecified atom stereocenters. The monoisotopic (exact) mass is 326 g/mol. The van der Waals surface area contributed by atoms with E-state index < -0.39 is 0 Å². The van der Waals surface area contributed by atoms with Crippen molar-refractivity contribution in [1.82, 2.24) is 20.7 Å². The summed E-state index contributed by atoms with van der Waals surface area (Å²) in [4.78, 5) is 12.5. The average molecular weight is 326 g/mol. The van der Waals surface area contributed by atoms with Crippen molar-refractivity contribution >= 4 is 5.91 Å². The summed E-state index contributed by atoms with van der Waals surface area (Å²) in [5.74, 6) is 0.463. The second-order valence-corrected chi connectivity index (χ2v) is 6.65. The Morgan fingerprint density at radius 1 is 1.21 bits per heavy atom. The van der Waals surface area contributed by atoms with Gasteiger partial charge in [0.15, 0.2) is 0 Å². The second-order valence-electron chi connectivity index (χ2n) is 6.65. The molecule has 0 spiro atoms. The number of aromatic amines is 1. The van der Waals surface area contributed by atoms with Crippen LogP contribution in [0, 0.1) is 11.8 Å². The van der Waals surface area contributed by atoms with Crippen molar-refractivity contribution in [2.75, 3.05) is 13.2 Å². The molecule has 2 aliphatic rings. The van der Waals surface area contributed by atoms with Gasteiger partial charge >= 0.3 is 0 Å². The minimum absolute atomic E-state index is 0.0000895. The number of ether oxygens (including phenoxy) is 1. The van der Waals surface area contributed by atoms with Crippen molar-refractivity contribution in [3.8, 4) is 0 Å². The summed E-state index contributed by atoms with van der Waals surface area (Å²) in [5.41, 5.74) is 3.14. The maximum Gasteiger partial charge on any atom is 0.223 e. The van der Waals surface area contributed by atoms with Gasteiger partial charge in [0.05, 0.1) is 17.5 Å². The maximum atomic E-state index is 12.5. The quantitative estimate of drug-likeness (QED) is 0.898. The Hall–Kier alpha value is -2.21. The predicted molar refractivity (Wildman–Crippen MR) is 88.1 cm³/mol. The molecule has 0 bridgehead atoms. The molecule has 0 radical (unpaired) electrons. The van der Waals surface area contributed by atoms with Gasteiger partial charge in [0.1, 0.15) is 0 Å². The van der Waals surface area contributed by atoms with Gasteiger partial charge < -0.3 is 10.1 Å². The smallest absolute Gasteiger partial charge is 0.223 e. The van der Waals surface area contributed by atoms with Crippen LogP contribution in [0.1, 0.15) is 35.9 Å². The molecule has 1 fully saturated rings. The number of nitrogens with zero attached hydrogens (tertiary/aromatic N) is 2. The number of fused-ring (bicyclic) bond motifs is 1. The van der Waals surface area contributed by atoms with E-state index in [0.717, 1.165) is 37.3 Å². The zero-order chi connectivity index (χ0) is 16.4. The highest BCUT2D eigenvalue weighted by Gasteiger charge is 2.32. The third-order valence-electron chi connectivity index (χ3n) is 5.12. The SMILES string of the molecule is O=C(NC[C@@H]1CCO[C@H]1c1ccccc1)[C@@H]1CCc2n[nH]nc2C1. The molecule has 1 saturated heterocycles. The van der Waals surface area contributed by atoms with E-state index in [-0.39, 0.29) is 17.9 Å². The van der Waals surface area contributed by atoms with Crippen LogP contribution in [-0.2, 0) is 22.4 Å². The van der Waals surface area contributed by atoms with Gasteiger partial charge in [-0.1, -0.05) is 30.3 Å². The van der Waals surface area contributed by atoms with Crippen LogP contribution in [0.4, 0.5) is 0 Å². The van der Waals surface area contributed by atoms with Crippen molar-refractivity contribution in [3.63, 3.8) is 0 Å². The van der Waals surface area contributed by atoms with Gasteiger partial charge in [-0.05, 0) is 24.8 Å². The van der Waals surface area contributed by atoms with Gasteiger partial charge in [0.2, 0.25) is 5.91 Å². The number of nitrogens with one attached hydrogen (secondary N) is 2. The number of amides is 1. The number of hydrogen-bond donors (Lipinski definition) is 2. The third-order valence-corrected chi connectivity index (χ3v) is 5.12. The van der Waals surface area contributed by atoms with E-state index in [1.54, 1.807) is 0 Å². The minimum atomic E-state index is 0.0000895. The number of benzene rings is 1. The Morgan fingerprint density at radius 3 is 2.92 bits per heavy atom. The molecule has 1 aliphatic heterocycles. The highest BCUT2D eigenvalue weighted by atomic mass is 16.5. The Bertz CT molecular complexity index is 700. The summed E-state index contributed by atoms with van der Waals surface area (Å²) >= 11 is 0. The Labute approximate surface area is 141 Å². The molecule has 3 atom stereocenters. The number of aryl methyl sites for hydroxylation is 1. The van der Waals surface area contributed by atoms with Crippen molar-refractivity contribution < 1.29 is 9.53 Å². The molecule has 1 aliphatic carbocycles. The molecule has 2 aromatic rings. The molecule has 0 saturated carbocycles. The van der Waals surface area contributed by atoms with E-state index in [1.165, 1.54) is 5.56 Å². The van der Waals surface area contributed by atoms with Gasteiger partial charge in [-0.15, -0.1) is 0 Å². The van der Waals surface area contributed by atoms with Crippen molar-refractivity contribution in [1.29, 1.82) is 0 Å². The second kappa shape index (κ2) is 6.73. The van der Waals surface area contributed by atoms with Gasteiger partial charge in [0.25, 0.3) is 0 Å². The number of aromatic nitrogens is 3. The lowest BCUT2D eigenvalue weighted by atomic mass is 9.88. The minimum Gasteiger partial charge on any atom is -0.373 e. The standard InChI is InChI=1S/C18H22N4O2/c23-18(13-6-7-15-16(10-13)21-22-20-15)19-11-14-8-9-24-17(14)12-4-2-1-3-5-12/h1-5,13-14,17H,6-11H2,(H,19,23)(H,20,21,22)/t13-,14+,17+/m1/s1. The molecular weight excluding hydrogens is 304 g/mol. The van der Waals surface area contributed by atoms with Crippen LogP contribution < -0.4 is 5.32 Å². The maximum absolute atomic E-state index is 12.5. The first-order valence-corrected chi connectivity index (χ1v) is 8.64. The lowest BCUT2D eigenvalue weighted by Gasteiger charge is -2.23. The van der Waals surface area contributed by atoms with Gasteiger partial charge in [0, 0.05) is 31.4 Å². The van der Waals surface area contributed by atoms with Crippen molar-refractivity contribution in [2.45, 2.75) is 31.8 Å². The molecule has 1 aromatic heterocycles. The number of carbonyl (C=O) groups excluding carboxylic acids is 1. The third kappa shape index (κ3) is 3.06. The molecule has 2 heterocycles. The van der Waals surface area contributed by atoms with Crippen LogP contribution in [0.15, 0.2) is 30.3 Å². The summed E-state index contributed by atoms with van der Waals surface area (Å²) in [6, 6.07) is 10.3. The largest absolute Gasteiger partial charge is 0.373 e. The van der Waals surface area contributed by atoms with E-state index in [2.05, 4.69) is 32.9 Å². The number of H-pyrrole nitrogens is 1. The van der Waals surface area contributed by atoms with E-state index in [1.807, 2.05) is 18.2 Å². The fraction of sp³-hybridized carbons (Fsp3) is 0.500. The zero-order valence-corrected chi connectivity index (χ0v) is 13.6. The zero-order valence-electron chi connectivity index (χ0n) is 13.6. The lowest BCUT2D eigenvalue weighted by molar-refractivity contribution is -0.125. The first-order valence-electron chi connectivity index (χ1n) is 8.64. The van der Waals surface area contributed by atoms with E-state index in [4.69, 9.17) is 4.74 Å². The van der Waals surface area contributed by atoms with Crippen LogP contribution >= 0.6 is 0 Å². The highest BCUT2D eigenvalue weighted by molar-refractivity contribution is 5.79. The van der Waals surface area contributed by atoms with Crippen molar-refractivity contribution in [2.24, 2.45) is 11.8 Å². The van der Waals surface area contributed by atoms with E-state index >= 15 is 0 Å². The molecule has 2 N–H and O–H groups in total. The topological polar surface area (TPSA) is 79.9 Å². The van der Waals surface area contributed by atoms with Crippen LogP contribution in [-0.4, -0.2) is 34.5 Å². The normalized spacial score (nSPS) is 26.1. The van der Waals surface area contributed by atoms with Crippen LogP contribution in [0.2, 0.25) is 0 Å². The molecule has 4 rings (SSSR count). The fourth-order valence-corrected chi connectivity index (χ4v) is 3.74. The molecule has 1 aromatic carbocycles. The summed E-state index contributed by atoms with van der Waals surface area (Å²) in [7, 11) is 0. The Balaban J connectivity index is 1.34. The summed E-state index contributed by atoms with van der Waals surface area (Å²) < 4.78 is 5.89. The average Bonchev–Trinajstić information content (AvgIpc) is 3.28. The van der Waals surface area contributed by atoms with Crippen LogP contribution in [0.5, 0.6) is 0 Å². The molecule has 6 nitrogen and oxygen atoms in total. The van der Waals surface area contributed by atoms with Crippen LogP contribution in [0.25, 0.3) is 0 Å². The number of hydrogen-bond acceptors (Lipinski definition) is 4. The molecule has 126 valence electrons. The number of rotatable bonds is 4. The van der Waals surface area contributed by atoms with E-state index in [9.17, 15) is 4.79 Å². The first-order chi connectivity index (χ1) is 11.8. The van der Waals surface area contributed by atoms with Crippen LogP contribution in [0.3, 0.4) is 0 Å². The molecule has 6 heteroatoms.